The minimum Gasteiger partial charge on any atom is -0.374 e. The van der Waals surface area contributed by atoms with Crippen LogP contribution in [0.5, 0.6) is 0 Å². The fourth-order valence-corrected chi connectivity index (χ4v) is 6.62. The first-order valence-corrected chi connectivity index (χ1v) is 14.4. The first kappa shape index (κ1) is 24.5. The molecule has 0 saturated heterocycles. The summed E-state index contributed by atoms with van der Waals surface area (Å²) in [5.41, 5.74) is 12.0. The molecule has 1 aliphatic rings. The van der Waals surface area contributed by atoms with Crippen molar-refractivity contribution in [1.82, 2.24) is 0 Å². The second-order valence-electron chi connectivity index (χ2n) is 10.8. The Morgan fingerprint density at radius 2 is 1.07 bits per heavy atom. The Bertz CT molecular complexity index is 1880. The summed E-state index contributed by atoms with van der Waals surface area (Å²) in [5.74, 6) is 0. The van der Waals surface area contributed by atoms with Crippen molar-refractivity contribution in [2.24, 2.45) is 0 Å². The molecule has 6 aromatic carbocycles. The first-order chi connectivity index (χ1) is 19.7. The maximum Gasteiger partial charge on any atom is 0.0498 e. The van der Waals surface area contributed by atoms with Crippen molar-refractivity contribution in [3.8, 4) is 22.3 Å². The van der Waals surface area contributed by atoms with Gasteiger partial charge in [0.25, 0.3) is 0 Å². The Morgan fingerprint density at radius 3 is 1.77 bits per heavy atom. The Labute approximate surface area is 237 Å². The van der Waals surface area contributed by atoms with Gasteiger partial charge in [-0.2, -0.15) is 0 Å². The molecule has 0 radical (unpaired) electrons. The molecule has 0 saturated carbocycles. The molecule has 6 aromatic rings. The molecule has 0 aliphatic heterocycles. The van der Waals surface area contributed by atoms with Gasteiger partial charge in [-0.25, -0.2) is 0 Å². The SMILES string of the molecule is CCN(C)c1ccc2ccccc2c1-c1c(N(CC)c2cccc3c2-c2ccccc2C3)ccc2ccccc12. The molecule has 1 aliphatic carbocycles. The summed E-state index contributed by atoms with van der Waals surface area (Å²) in [6.45, 7) is 6.31. The molecule has 40 heavy (non-hydrogen) atoms. The molecular weight excluding hydrogens is 484 g/mol. The van der Waals surface area contributed by atoms with Crippen LogP contribution in [0.1, 0.15) is 25.0 Å². The molecule has 2 nitrogen and oxygen atoms in total. The molecule has 0 heterocycles. The van der Waals surface area contributed by atoms with Crippen LogP contribution < -0.4 is 9.80 Å². The van der Waals surface area contributed by atoms with E-state index in [4.69, 9.17) is 0 Å². The number of benzene rings is 6. The lowest BCUT2D eigenvalue weighted by Crippen LogP contribution is -2.20. The van der Waals surface area contributed by atoms with Crippen molar-refractivity contribution in [1.29, 1.82) is 0 Å². The predicted molar refractivity (Wildman–Crippen MR) is 173 cm³/mol. The van der Waals surface area contributed by atoms with Gasteiger partial charge in [0.2, 0.25) is 0 Å². The molecule has 0 amide bonds. The number of nitrogens with zero attached hydrogens (tertiary/aromatic N) is 2. The van der Waals surface area contributed by atoms with Crippen molar-refractivity contribution in [3.05, 3.63) is 126 Å². The lowest BCUT2D eigenvalue weighted by molar-refractivity contribution is 0.970. The van der Waals surface area contributed by atoms with Crippen LogP contribution in [-0.2, 0) is 6.42 Å². The van der Waals surface area contributed by atoms with E-state index in [1.54, 1.807) is 0 Å². The van der Waals surface area contributed by atoms with Gasteiger partial charge >= 0.3 is 0 Å². The third-order valence-electron chi connectivity index (χ3n) is 8.64. The Morgan fingerprint density at radius 1 is 0.500 bits per heavy atom. The molecule has 196 valence electrons. The van der Waals surface area contributed by atoms with Crippen molar-refractivity contribution < 1.29 is 0 Å². The van der Waals surface area contributed by atoms with Gasteiger partial charge in [-0.15, -0.1) is 0 Å². The van der Waals surface area contributed by atoms with Gasteiger partial charge in [-0.3, -0.25) is 0 Å². The van der Waals surface area contributed by atoms with Gasteiger partial charge in [-0.1, -0.05) is 97.1 Å². The third kappa shape index (κ3) is 3.78. The smallest absolute Gasteiger partial charge is 0.0498 e. The highest BCUT2D eigenvalue weighted by atomic mass is 15.1. The van der Waals surface area contributed by atoms with E-state index in [0.29, 0.717) is 0 Å². The second-order valence-corrected chi connectivity index (χ2v) is 10.8. The van der Waals surface area contributed by atoms with Gasteiger partial charge in [0.05, 0.1) is 0 Å². The molecule has 0 fully saturated rings. The fraction of sp³-hybridized carbons (Fsp3) is 0.158. The maximum absolute atomic E-state index is 2.54. The largest absolute Gasteiger partial charge is 0.374 e. The zero-order valence-corrected chi connectivity index (χ0v) is 23.5. The average Bonchev–Trinajstić information content (AvgIpc) is 3.40. The van der Waals surface area contributed by atoms with E-state index in [9.17, 15) is 0 Å². The number of fused-ring (bicyclic) bond motifs is 5. The quantitative estimate of drug-likeness (QED) is 0.216. The molecular formula is C38H34N2. The van der Waals surface area contributed by atoms with Gasteiger partial charge in [0.1, 0.15) is 0 Å². The molecule has 2 heteroatoms. The zero-order chi connectivity index (χ0) is 27.2. The number of anilines is 3. The summed E-state index contributed by atoms with van der Waals surface area (Å²) in [4.78, 5) is 4.92. The third-order valence-corrected chi connectivity index (χ3v) is 8.64. The van der Waals surface area contributed by atoms with Crippen molar-refractivity contribution in [3.63, 3.8) is 0 Å². The lowest BCUT2D eigenvalue weighted by Gasteiger charge is -2.31. The van der Waals surface area contributed by atoms with Crippen LogP contribution in [0.2, 0.25) is 0 Å². The predicted octanol–water partition coefficient (Wildman–Crippen LogP) is 9.85. The van der Waals surface area contributed by atoms with Crippen LogP contribution >= 0.6 is 0 Å². The van der Waals surface area contributed by atoms with Gasteiger partial charge in [0, 0.05) is 53.9 Å². The lowest BCUT2D eigenvalue weighted by atomic mass is 9.89. The van der Waals surface area contributed by atoms with Gasteiger partial charge < -0.3 is 9.80 Å². The van der Waals surface area contributed by atoms with Crippen LogP contribution in [0.3, 0.4) is 0 Å². The van der Waals surface area contributed by atoms with E-state index in [-0.39, 0.29) is 0 Å². The molecule has 0 aromatic heterocycles. The van der Waals surface area contributed by atoms with E-state index in [1.165, 1.54) is 72.0 Å². The fourth-order valence-electron chi connectivity index (χ4n) is 6.62. The van der Waals surface area contributed by atoms with Crippen LogP contribution in [0, 0.1) is 0 Å². The summed E-state index contributed by atoms with van der Waals surface area (Å²) in [5, 5.41) is 5.10. The van der Waals surface area contributed by atoms with Gasteiger partial charge in [0.15, 0.2) is 0 Å². The highest BCUT2D eigenvalue weighted by molar-refractivity contribution is 6.14. The van der Waals surface area contributed by atoms with E-state index in [0.717, 1.165) is 19.5 Å². The molecule has 0 N–H and O–H groups in total. The molecule has 7 rings (SSSR count). The minimum absolute atomic E-state index is 0.869. The van der Waals surface area contributed by atoms with Crippen molar-refractivity contribution >= 4 is 38.6 Å². The van der Waals surface area contributed by atoms with Crippen LogP contribution in [0.25, 0.3) is 43.8 Å². The van der Waals surface area contributed by atoms with Crippen LogP contribution in [0.4, 0.5) is 17.1 Å². The van der Waals surface area contributed by atoms with E-state index >= 15 is 0 Å². The zero-order valence-electron chi connectivity index (χ0n) is 23.5. The summed E-state index contributed by atoms with van der Waals surface area (Å²) < 4.78 is 0. The van der Waals surface area contributed by atoms with E-state index < -0.39 is 0 Å². The topological polar surface area (TPSA) is 6.48 Å². The Kier molecular flexibility index (Phi) is 6.04. The van der Waals surface area contributed by atoms with Crippen molar-refractivity contribution in [2.45, 2.75) is 20.3 Å². The summed E-state index contributed by atoms with van der Waals surface area (Å²) in [7, 11) is 2.21. The molecule has 0 atom stereocenters. The van der Waals surface area contributed by atoms with Crippen molar-refractivity contribution in [2.75, 3.05) is 29.9 Å². The summed E-state index contributed by atoms with van der Waals surface area (Å²) in [6, 6.07) is 42.7. The molecule has 0 spiro atoms. The van der Waals surface area contributed by atoms with Crippen LogP contribution in [-0.4, -0.2) is 20.1 Å². The molecule has 0 unspecified atom stereocenters. The minimum atomic E-state index is 0.869. The standard InChI is InChI=1S/C38H34N2/c1-4-39(3)33-23-21-26-13-6-9-17-30(26)37(33)38-31-18-10-7-14-27(31)22-24-35(38)40(5-2)34-20-12-16-29-25-28-15-8-11-19-32(28)36(29)34/h6-24H,4-5,25H2,1-3H3. The normalized spacial score (nSPS) is 12.0. The summed E-state index contributed by atoms with van der Waals surface area (Å²) >= 11 is 0. The first-order valence-electron chi connectivity index (χ1n) is 14.4. The monoisotopic (exact) mass is 518 g/mol. The van der Waals surface area contributed by atoms with Crippen LogP contribution in [0.15, 0.2) is 115 Å². The maximum atomic E-state index is 2.54. The average molecular weight is 519 g/mol. The Hall–Kier alpha value is -4.56. The number of rotatable bonds is 6. The van der Waals surface area contributed by atoms with E-state index in [1.807, 2.05) is 0 Å². The summed E-state index contributed by atoms with van der Waals surface area (Å²) in [6.07, 6.45) is 0.996. The van der Waals surface area contributed by atoms with E-state index in [2.05, 4.69) is 146 Å². The highest BCUT2D eigenvalue weighted by Crippen LogP contribution is 2.50. The highest BCUT2D eigenvalue weighted by Gasteiger charge is 2.26. The number of hydrogen-bond acceptors (Lipinski definition) is 2. The van der Waals surface area contributed by atoms with Gasteiger partial charge in [-0.05, 0) is 76.7 Å². The second kappa shape index (κ2) is 9.88. The number of hydrogen-bond donors (Lipinski definition) is 0. The molecule has 0 bridgehead atoms. The Balaban J connectivity index is 1.57.